The minimum atomic E-state index is -4.67. The van der Waals surface area contributed by atoms with E-state index in [2.05, 4.69) is 25.1 Å². The SMILES string of the molecule is COc1ccc(-c2c(C)nn3c(N[C@H](C)Cc4noc(C(F)(F)F)n4)cc(C)nc23)c(C)c1. The summed E-state index contributed by atoms with van der Waals surface area (Å²) in [6, 6.07) is 7.35. The van der Waals surface area contributed by atoms with Crippen molar-refractivity contribution in [3.05, 3.63) is 52.9 Å². The molecule has 1 aromatic carbocycles. The van der Waals surface area contributed by atoms with Crippen LogP contribution in [0.5, 0.6) is 5.75 Å². The molecule has 11 heteroatoms. The third kappa shape index (κ3) is 4.48. The standard InChI is InChI=1S/C22H23F3N6O2/c1-11-8-15(32-5)6-7-16(11)19-14(4)29-31-18(10-13(3)27-20(19)31)26-12(2)9-17-28-21(33-30-17)22(23,24)25/h6-8,10,12,26H,9H2,1-5H3/t12-/m1/s1. The van der Waals surface area contributed by atoms with Crippen LogP contribution in [0.25, 0.3) is 16.8 Å². The fourth-order valence-corrected chi connectivity index (χ4v) is 3.74. The Morgan fingerprint density at radius 2 is 1.91 bits per heavy atom. The maximum atomic E-state index is 12.7. The molecule has 0 saturated heterocycles. The van der Waals surface area contributed by atoms with Gasteiger partial charge in [0.15, 0.2) is 11.5 Å². The maximum Gasteiger partial charge on any atom is 0.471 e. The summed E-state index contributed by atoms with van der Waals surface area (Å²) in [5, 5.41) is 11.4. The van der Waals surface area contributed by atoms with Crippen molar-refractivity contribution >= 4 is 11.5 Å². The van der Waals surface area contributed by atoms with Gasteiger partial charge in [-0.15, -0.1) is 0 Å². The largest absolute Gasteiger partial charge is 0.497 e. The predicted octanol–water partition coefficient (Wildman–Crippen LogP) is 4.78. The minimum Gasteiger partial charge on any atom is -0.497 e. The van der Waals surface area contributed by atoms with Gasteiger partial charge in [-0.3, -0.25) is 0 Å². The van der Waals surface area contributed by atoms with Gasteiger partial charge in [0, 0.05) is 29.8 Å². The quantitative estimate of drug-likeness (QED) is 0.443. The number of benzene rings is 1. The van der Waals surface area contributed by atoms with Gasteiger partial charge in [-0.1, -0.05) is 11.2 Å². The number of nitrogens with one attached hydrogen (secondary N) is 1. The van der Waals surface area contributed by atoms with Gasteiger partial charge in [0.25, 0.3) is 0 Å². The Bertz CT molecular complexity index is 1310. The highest BCUT2D eigenvalue weighted by Crippen LogP contribution is 2.33. The second-order valence-corrected chi connectivity index (χ2v) is 7.92. The highest BCUT2D eigenvalue weighted by atomic mass is 19.4. The molecule has 0 spiro atoms. The Labute approximate surface area is 187 Å². The molecule has 0 unspecified atom stereocenters. The molecule has 4 aromatic rings. The summed E-state index contributed by atoms with van der Waals surface area (Å²) >= 11 is 0. The van der Waals surface area contributed by atoms with E-state index in [0.717, 1.165) is 33.8 Å². The lowest BCUT2D eigenvalue weighted by Gasteiger charge is -2.15. The molecule has 0 fully saturated rings. The van der Waals surface area contributed by atoms with Crippen LogP contribution >= 0.6 is 0 Å². The van der Waals surface area contributed by atoms with Gasteiger partial charge < -0.3 is 14.6 Å². The molecule has 8 nitrogen and oxygen atoms in total. The van der Waals surface area contributed by atoms with Gasteiger partial charge in [-0.2, -0.15) is 27.8 Å². The number of rotatable bonds is 6. The zero-order chi connectivity index (χ0) is 23.9. The van der Waals surface area contributed by atoms with E-state index >= 15 is 0 Å². The molecular weight excluding hydrogens is 437 g/mol. The number of hydrogen-bond acceptors (Lipinski definition) is 7. The average molecular weight is 460 g/mol. The number of hydrogen-bond donors (Lipinski definition) is 1. The van der Waals surface area contributed by atoms with E-state index in [1.54, 1.807) is 11.6 Å². The normalized spacial score (nSPS) is 12.8. The summed E-state index contributed by atoms with van der Waals surface area (Å²) in [6.07, 6.45) is -4.54. The molecule has 1 N–H and O–H groups in total. The zero-order valence-electron chi connectivity index (χ0n) is 18.8. The average Bonchev–Trinajstić information content (AvgIpc) is 3.32. The molecule has 0 radical (unpaired) electrons. The molecule has 0 amide bonds. The molecule has 1 atom stereocenters. The molecule has 174 valence electrons. The number of ether oxygens (including phenoxy) is 1. The number of anilines is 1. The third-order valence-electron chi connectivity index (χ3n) is 5.19. The summed E-state index contributed by atoms with van der Waals surface area (Å²) in [7, 11) is 1.62. The lowest BCUT2D eigenvalue weighted by Crippen LogP contribution is -2.21. The Morgan fingerprint density at radius 1 is 1.15 bits per heavy atom. The highest BCUT2D eigenvalue weighted by Gasteiger charge is 2.38. The van der Waals surface area contributed by atoms with Crippen molar-refractivity contribution in [1.29, 1.82) is 0 Å². The van der Waals surface area contributed by atoms with Crippen molar-refractivity contribution in [1.82, 2.24) is 24.7 Å². The number of fused-ring (bicyclic) bond motifs is 1. The Balaban J connectivity index is 1.67. The van der Waals surface area contributed by atoms with Gasteiger partial charge in [-0.05, 0) is 51.0 Å². The molecule has 4 rings (SSSR count). The van der Waals surface area contributed by atoms with Crippen molar-refractivity contribution < 1.29 is 22.4 Å². The summed E-state index contributed by atoms with van der Waals surface area (Å²) in [6.45, 7) is 7.60. The summed E-state index contributed by atoms with van der Waals surface area (Å²) in [5.74, 6) is 0.0375. The van der Waals surface area contributed by atoms with Crippen LogP contribution in [0.3, 0.4) is 0 Å². The van der Waals surface area contributed by atoms with Gasteiger partial charge in [0.1, 0.15) is 11.6 Å². The maximum absolute atomic E-state index is 12.7. The van der Waals surface area contributed by atoms with E-state index < -0.39 is 12.1 Å². The van der Waals surface area contributed by atoms with Crippen molar-refractivity contribution in [3.8, 4) is 16.9 Å². The number of methoxy groups -OCH3 is 1. The minimum absolute atomic E-state index is 0.0319. The van der Waals surface area contributed by atoms with Crippen LogP contribution in [0.1, 0.15) is 35.6 Å². The molecule has 33 heavy (non-hydrogen) atoms. The summed E-state index contributed by atoms with van der Waals surface area (Å²) in [4.78, 5) is 8.14. The van der Waals surface area contributed by atoms with Crippen LogP contribution in [-0.4, -0.2) is 37.9 Å². The van der Waals surface area contributed by atoms with Crippen LogP contribution in [0.2, 0.25) is 0 Å². The Hall–Kier alpha value is -3.63. The molecule has 3 heterocycles. The van der Waals surface area contributed by atoms with Crippen LogP contribution in [0, 0.1) is 20.8 Å². The van der Waals surface area contributed by atoms with E-state index in [0.29, 0.717) is 11.5 Å². The Kier molecular flexibility index (Phi) is 5.73. The van der Waals surface area contributed by atoms with E-state index in [-0.39, 0.29) is 18.3 Å². The van der Waals surface area contributed by atoms with Crippen LogP contribution in [0.15, 0.2) is 28.8 Å². The number of aromatic nitrogens is 5. The van der Waals surface area contributed by atoms with Gasteiger partial charge >= 0.3 is 12.1 Å². The first kappa shape index (κ1) is 22.6. The highest BCUT2D eigenvalue weighted by molar-refractivity contribution is 5.83. The van der Waals surface area contributed by atoms with Crippen LogP contribution in [-0.2, 0) is 12.6 Å². The lowest BCUT2D eigenvalue weighted by molar-refractivity contribution is -0.159. The molecular formula is C22H23F3N6O2. The first-order valence-electron chi connectivity index (χ1n) is 10.2. The van der Waals surface area contributed by atoms with Gasteiger partial charge in [0.05, 0.1) is 12.8 Å². The monoisotopic (exact) mass is 460 g/mol. The number of aryl methyl sites for hydroxylation is 3. The van der Waals surface area contributed by atoms with E-state index in [1.807, 2.05) is 52.0 Å². The van der Waals surface area contributed by atoms with Crippen LogP contribution in [0.4, 0.5) is 19.0 Å². The second kappa shape index (κ2) is 8.38. The molecule has 0 aliphatic heterocycles. The van der Waals surface area contributed by atoms with Gasteiger partial charge in [0.2, 0.25) is 0 Å². The number of halogens is 3. The zero-order valence-corrected chi connectivity index (χ0v) is 18.8. The van der Waals surface area contributed by atoms with Crippen molar-refractivity contribution in [3.63, 3.8) is 0 Å². The molecule has 0 bridgehead atoms. The lowest BCUT2D eigenvalue weighted by atomic mass is 10.0. The van der Waals surface area contributed by atoms with Gasteiger partial charge in [-0.25, -0.2) is 4.98 Å². The second-order valence-electron chi connectivity index (χ2n) is 7.92. The molecule has 0 aliphatic carbocycles. The fourth-order valence-electron chi connectivity index (χ4n) is 3.74. The molecule has 3 aromatic heterocycles. The smallest absolute Gasteiger partial charge is 0.471 e. The first-order chi connectivity index (χ1) is 15.6. The fraction of sp³-hybridized carbons (Fsp3) is 0.364. The number of alkyl halides is 3. The Morgan fingerprint density at radius 3 is 2.55 bits per heavy atom. The molecule has 0 aliphatic rings. The summed E-state index contributed by atoms with van der Waals surface area (Å²) < 4.78 is 49.5. The van der Waals surface area contributed by atoms with E-state index in [4.69, 9.17) is 9.72 Å². The van der Waals surface area contributed by atoms with E-state index in [1.165, 1.54) is 0 Å². The topological polar surface area (TPSA) is 90.4 Å². The van der Waals surface area contributed by atoms with Crippen molar-refractivity contribution in [2.24, 2.45) is 0 Å². The third-order valence-corrected chi connectivity index (χ3v) is 5.19. The number of nitrogens with zero attached hydrogens (tertiary/aromatic N) is 5. The van der Waals surface area contributed by atoms with Crippen molar-refractivity contribution in [2.45, 2.75) is 46.3 Å². The first-order valence-corrected chi connectivity index (χ1v) is 10.2. The van der Waals surface area contributed by atoms with Crippen LogP contribution < -0.4 is 10.1 Å². The molecule has 0 saturated carbocycles. The summed E-state index contributed by atoms with van der Waals surface area (Å²) in [5.41, 5.74) is 5.16. The van der Waals surface area contributed by atoms with E-state index in [9.17, 15) is 13.2 Å². The predicted molar refractivity (Wildman–Crippen MR) is 115 cm³/mol. The van der Waals surface area contributed by atoms with Crippen molar-refractivity contribution in [2.75, 3.05) is 12.4 Å².